The number of likely N-dealkylation sites (N-methyl/N-ethyl adjacent to an activating group) is 1. The molecule has 8 heteroatoms. The molecule has 0 saturated carbocycles. The Hall–Kier alpha value is -1.11. The maximum absolute atomic E-state index is 12.4. The lowest BCUT2D eigenvalue weighted by molar-refractivity contribution is -0.139. The van der Waals surface area contributed by atoms with Gasteiger partial charge in [-0.05, 0) is 39.2 Å². The standard InChI is InChI=1S/C19H31N5O.2ClH/c1-4-5-15-12-21-14(2)22-19(15)23-10-8-17-16(13-23)6-7-18(25)24(17)11-9-20-3;;/h12,16-17,20H,4-11,13H2,1-3H3;2*1H/t16-,17+;;/m0../s1. The molecule has 0 spiro atoms. The number of aromatic nitrogens is 2. The first-order valence-corrected chi connectivity index (χ1v) is 9.65. The largest absolute Gasteiger partial charge is 0.356 e. The van der Waals surface area contributed by atoms with Gasteiger partial charge in [0.1, 0.15) is 11.6 Å². The second-order valence-corrected chi connectivity index (χ2v) is 7.31. The monoisotopic (exact) mass is 417 g/mol. The van der Waals surface area contributed by atoms with Gasteiger partial charge in [-0.25, -0.2) is 9.97 Å². The molecule has 1 aromatic heterocycles. The number of amides is 1. The number of rotatable bonds is 6. The Balaban J connectivity index is 0.00000182. The molecule has 2 fully saturated rings. The summed E-state index contributed by atoms with van der Waals surface area (Å²) in [7, 11) is 1.95. The van der Waals surface area contributed by atoms with E-state index in [0.717, 1.165) is 63.5 Å². The molecule has 27 heavy (non-hydrogen) atoms. The molecule has 2 atom stereocenters. The molecule has 2 aliphatic heterocycles. The van der Waals surface area contributed by atoms with Crippen molar-refractivity contribution in [1.82, 2.24) is 20.2 Å². The molecular formula is C19H33Cl2N5O. The van der Waals surface area contributed by atoms with Crippen LogP contribution in [-0.2, 0) is 11.2 Å². The van der Waals surface area contributed by atoms with Gasteiger partial charge in [-0.2, -0.15) is 0 Å². The third-order valence-corrected chi connectivity index (χ3v) is 5.53. The minimum absolute atomic E-state index is 0. The molecule has 0 unspecified atom stereocenters. The number of halogens is 2. The van der Waals surface area contributed by atoms with Crippen LogP contribution in [0.3, 0.4) is 0 Å². The Kier molecular flexibility index (Phi) is 9.77. The zero-order valence-electron chi connectivity index (χ0n) is 16.6. The van der Waals surface area contributed by atoms with E-state index >= 15 is 0 Å². The predicted molar refractivity (Wildman–Crippen MR) is 114 cm³/mol. The summed E-state index contributed by atoms with van der Waals surface area (Å²) in [5.74, 6) is 2.83. The van der Waals surface area contributed by atoms with Gasteiger partial charge in [0.05, 0.1) is 0 Å². The number of nitrogens with zero attached hydrogens (tertiary/aromatic N) is 4. The molecule has 0 aromatic carbocycles. The van der Waals surface area contributed by atoms with Crippen molar-refractivity contribution < 1.29 is 4.79 Å². The first-order chi connectivity index (χ1) is 12.1. The fourth-order valence-corrected chi connectivity index (χ4v) is 4.27. The van der Waals surface area contributed by atoms with E-state index in [1.807, 2.05) is 20.2 Å². The van der Waals surface area contributed by atoms with Gasteiger partial charge in [0.2, 0.25) is 5.91 Å². The molecule has 2 aliphatic rings. The molecular weight excluding hydrogens is 385 g/mol. The Labute approximate surface area is 175 Å². The number of carbonyl (C=O) groups excluding carboxylic acids is 1. The summed E-state index contributed by atoms with van der Waals surface area (Å²) in [6.45, 7) is 7.82. The van der Waals surface area contributed by atoms with Crippen LogP contribution in [0.4, 0.5) is 5.82 Å². The van der Waals surface area contributed by atoms with Crippen LogP contribution in [0.2, 0.25) is 0 Å². The average molecular weight is 418 g/mol. The Morgan fingerprint density at radius 3 is 2.78 bits per heavy atom. The first-order valence-electron chi connectivity index (χ1n) is 9.65. The molecule has 0 radical (unpaired) electrons. The summed E-state index contributed by atoms with van der Waals surface area (Å²) in [4.78, 5) is 26.1. The highest BCUT2D eigenvalue weighted by Gasteiger charge is 2.39. The molecule has 154 valence electrons. The van der Waals surface area contributed by atoms with Crippen LogP contribution in [0.1, 0.15) is 44.0 Å². The van der Waals surface area contributed by atoms with Crippen LogP contribution >= 0.6 is 24.8 Å². The van der Waals surface area contributed by atoms with Crippen LogP contribution < -0.4 is 10.2 Å². The van der Waals surface area contributed by atoms with Gasteiger partial charge in [0.15, 0.2) is 0 Å². The van der Waals surface area contributed by atoms with E-state index in [9.17, 15) is 4.79 Å². The Bertz CT molecular complexity index is 616. The van der Waals surface area contributed by atoms with Crippen LogP contribution in [0.5, 0.6) is 0 Å². The molecule has 2 saturated heterocycles. The van der Waals surface area contributed by atoms with Crippen molar-refractivity contribution in [3.05, 3.63) is 17.6 Å². The molecule has 1 N–H and O–H groups in total. The van der Waals surface area contributed by atoms with Crippen molar-refractivity contribution in [3.63, 3.8) is 0 Å². The van der Waals surface area contributed by atoms with Crippen molar-refractivity contribution >= 4 is 36.5 Å². The number of hydrogen-bond acceptors (Lipinski definition) is 5. The highest BCUT2D eigenvalue weighted by atomic mass is 35.5. The van der Waals surface area contributed by atoms with Crippen molar-refractivity contribution in [1.29, 1.82) is 0 Å². The van der Waals surface area contributed by atoms with Crippen molar-refractivity contribution in [2.75, 3.05) is 38.1 Å². The van der Waals surface area contributed by atoms with Crippen molar-refractivity contribution in [2.45, 2.75) is 52.0 Å². The number of piperidine rings is 2. The fraction of sp³-hybridized carbons (Fsp3) is 0.737. The Morgan fingerprint density at radius 1 is 1.30 bits per heavy atom. The summed E-state index contributed by atoms with van der Waals surface area (Å²) in [6, 6.07) is 0.392. The minimum atomic E-state index is 0. The first kappa shape index (κ1) is 23.9. The Morgan fingerprint density at radius 2 is 2.07 bits per heavy atom. The third-order valence-electron chi connectivity index (χ3n) is 5.53. The summed E-state index contributed by atoms with van der Waals surface area (Å²) in [5.41, 5.74) is 1.26. The second-order valence-electron chi connectivity index (χ2n) is 7.31. The molecule has 3 rings (SSSR count). The number of likely N-dealkylation sites (tertiary alicyclic amines) is 1. The van der Waals surface area contributed by atoms with Crippen LogP contribution in [0, 0.1) is 12.8 Å². The van der Waals surface area contributed by atoms with Gasteiger partial charge in [0.25, 0.3) is 0 Å². The van der Waals surface area contributed by atoms with Crippen LogP contribution in [-0.4, -0.2) is 60.0 Å². The highest BCUT2D eigenvalue weighted by molar-refractivity contribution is 5.85. The van der Waals surface area contributed by atoms with E-state index in [1.54, 1.807) is 0 Å². The quantitative estimate of drug-likeness (QED) is 0.770. The van der Waals surface area contributed by atoms with Gasteiger partial charge < -0.3 is 15.1 Å². The third kappa shape index (κ3) is 5.46. The average Bonchev–Trinajstić information content (AvgIpc) is 2.62. The zero-order valence-corrected chi connectivity index (χ0v) is 18.2. The normalized spacial score (nSPS) is 22.0. The van der Waals surface area contributed by atoms with Gasteiger partial charge in [-0.3, -0.25) is 4.79 Å². The maximum atomic E-state index is 12.4. The van der Waals surface area contributed by atoms with Crippen LogP contribution in [0.25, 0.3) is 0 Å². The number of fused-ring (bicyclic) bond motifs is 1. The van der Waals surface area contributed by atoms with Gasteiger partial charge >= 0.3 is 0 Å². The maximum Gasteiger partial charge on any atom is 0.222 e. The van der Waals surface area contributed by atoms with E-state index in [2.05, 4.69) is 27.0 Å². The SMILES string of the molecule is CCCc1cnc(C)nc1N1CC[C@@H]2[C@@H](CCC(=O)N2CCNC)C1.Cl.Cl. The molecule has 6 nitrogen and oxygen atoms in total. The lowest BCUT2D eigenvalue weighted by atomic mass is 9.83. The van der Waals surface area contributed by atoms with Crippen molar-refractivity contribution in [2.24, 2.45) is 5.92 Å². The smallest absolute Gasteiger partial charge is 0.222 e. The summed E-state index contributed by atoms with van der Waals surface area (Å²) in [5, 5.41) is 3.17. The number of anilines is 1. The summed E-state index contributed by atoms with van der Waals surface area (Å²) in [6.07, 6.45) is 6.84. The minimum Gasteiger partial charge on any atom is -0.356 e. The summed E-state index contributed by atoms with van der Waals surface area (Å²) >= 11 is 0. The predicted octanol–water partition coefficient (Wildman–Crippen LogP) is 2.62. The second kappa shape index (κ2) is 11.0. The van der Waals surface area contributed by atoms with Gasteiger partial charge in [-0.15, -0.1) is 24.8 Å². The van der Waals surface area contributed by atoms with E-state index in [-0.39, 0.29) is 24.8 Å². The lowest BCUT2D eigenvalue weighted by Crippen LogP contribution is -2.57. The summed E-state index contributed by atoms with van der Waals surface area (Å²) < 4.78 is 0. The molecule has 0 aliphatic carbocycles. The number of nitrogens with one attached hydrogen (secondary N) is 1. The zero-order chi connectivity index (χ0) is 17.8. The van der Waals surface area contributed by atoms with E-state index < -0.39 is 0 Å². The van der Waals surface area contributed by atoms with E-state index in [4.69, 9.17) is 4.98 Å². The van der Waals surface area contributed by atoms with E-state index in [0.29, 0.717) is 24.3 Å². The lowest BCUT2D eigenvalue weighted by Gasteiger charge is -2.47. The molecule has 1 amide bonds. The topological polar surface area (TPSA) is 61.4 Å². The van der Waals surface area contributed by atoms with Gasteiger partial charge in [0, 0.05) is 50.4 Å². The number of carbonyl (C=O) groups is 1. The number of hydrogen-bond donors (Lipinski definition) is 1. The fourth-order valence-electron chi connectivity index (χ4n) is 4.27. The molecule has 3 heterocycles. The van der Waals surface area contributed by atoms with Crippen molar-refractivity contribution in [3.8, 4) is 0 Å². The number of aryl methyl sites for hydroxylation is 2. The molecule has 1 aromatic rings. The van der Waals surface area contributed by atoms with Gasteiger partial charge in [-0.1, -0.05) is 13.3 Å². The van der Waals surface area contributed by atoms with E-state index in [1.165, 1.54) is 5.56 Å². The molecule has 0 bridgehead atoms. The highest BCUT2D eigenvalue weighted by Crippen LogP contribution is 2.33. The van der Waals surface area contributed by atoms with Crippen LogP contribution in [0.15, 0.2) is 6.20 Å².